The monoisotopic (exact) mass is 299 g/mol. The third kappa shape index (κ3) is 4.96. The predicted molar refractivity (Wildman–Crippen MR) is 71.6 cm³/mol. The molecular formula is C15H16F3NO2. The number of terminal acetylenes is 1. The largest absolute Gasteiger partial charge is 0.573 e. The van der Waals surface area contributed by atoms with Gasteiger partial charge in [0.05, 0.1) is 12.1 Å². The van der Waals surface area contributed by atoms with Gasteiger partial charge in [0.25, 0.3) is 0 Å². The Bertz CT molecular complexity index is 504. The molecule has 1 heterocycles. The summed E-state index contributed by atoms with van der Waals surface area (Å²) in [5, 5.41) is 3.12. The molecule has 1 aromatic carbocycles. The summed E-state index contributed by atoms with van der Waals surface area (Å²) >= 11 is 0. The summed E-state index contributed by atoms with van der Waals surface area (Å²) in [6.45, 7) is 1.04. The van der Waals surface area contributed by atoms with E-state index in [9.17, 15) is 13.2 Å². The molecule has 0 radical (unpaired) electrons. The summed E-state index contributed by atoms with van der Waals surface area (Å²) in [4.78, 5) is 0. The van der Waals surface area contributed by atoms with Gasteiger partial charge in [-0.25, -0.2) is 0 Å². The molecule has 1 saturated heterocycles. The standard InChI is InChI=1S/C15H16F3NO2/c1-2-13(14-7-4-8-20-14)19-10-11-5-3-6-12(9-11)21-15(16,17)18/h1,3,5-6,9,13-14,19H,4,7-8,10H2/t13-,14-/m1/s1. The Morgan fingerprint density at radius 2 is 2.29 bits per heavy atom. The zero-order valence-corrected chi connectivity index (χ0v) is 11.3. The maximum Gasteiger partial charge on any atom is 0.573 e. The molecule has 0 amide bonds. The Kier molecular flexibility index (Phi) is 5.10. The molecule has 1 aliphatic heterocycles. The van der Waals surface area contributed by atoms with E-state index in [0.29, 0.717) is 18.7 Å². The molecule has 1 aromatic rings. The summed E-state index contributed by atoms with van der Waals surface area (Å²) in [7, 11) is 0. The van der Waals surface area contributed by atoms with Crippen molar-refractivity contribution in [3.05, 3.63) is 29.8 Å². The summed E-state index contributed by atoms with van der Waals surface area (Å²) < 4.78 is 45.9. The smallest absolute Gasteiger partial charge is 0.406 e. The van der Waals surface area contributed by atoms with E-state index in [4.69, 9.17) is 11.2 Å². The van der Waals surface area contributed by atoms with Crippen LogP contribution in [0.4, 0.5) is 13.2 Å². The van der Waals surface area contributed by atoms with Crippen LogP contribution in [0, 0.1) is 12.3 Å². The molecule has 3 nitrogen and oxygen atoms in total. The topological polar surface area (TPSA) is 30.5 Å². The Balaban J connectivity index is 1.93. The Labute approximate surface area is 121 Å². The molecule has 0 spiro atoms. The first-order valence-corrected chi connectivity index (χ1v) is 6.64. The predicted octanol–water partition coefficient (Wildman–Crippen LogP) is 2.86. The van der Waals surface area contributed by atoms with Gasteiger partial charge in [0, 0.05) is 13.2 Å². The van der Waals surface area contributed by atoms with E-state index in [-0.39, 0.29) is 17.9 Å². The Morgan fingerprint density at radius 3 is 2.90 bits per heavy atom. The quantitative estimate of drug-likeness (QED) is 0.848. The second-order valence-corrected chi connectivity index (χ2v) is 4.77. The average Bonchev–Trinajstić information content (AvgIpc) is 2.92. The number of rotatable bonds is 5. The van der Waals surface area contributed by atoms with E-state index < -0.39 is 6.36 Å². The third-order valence-electron chi connectivity index (χ3n) is 3.17. The summed E-state index contributed by atoms with van der Waals surface area (Å²) in [6, 6.07) is 5.56. The SMILES string of the molecule is C#C[C@@H](NCc1cccc(OC(F)(F)F)c1)[C@H]1CCCO1. The van der Waals surface area contributed by atoms with Crippen LogP contribution in [-0.2, 0) is 11.3 Å². The van der Waals surface area contributed by atoms with Crippen molar-refractivity contribution in [3.63, 3.8) is 0 Å². The summed E-state index contributed by atoms with van der Waals surface area (Å²) in [5.41, 5.74) is 0.662. The summed E-state index contributed by atoms with van der Waals surface area (Å²) in [6.07, 6.45) is 2.60. The molecule has 0 aliphatic carbocycles. The zero-order chi connectivity index (χ0) is 15.3. The van der Waals surface area contributed by atoms with Gasteiger partial charge < -0.3 is 9.47 Å². The molecule has 1 fully saturated rings. The molecule has 21 heavy (non-hydrogen) atoms. The van der Waals surface area contributed by atoms with Gasteiger partial charge in [0.2, 0.25) is 0 Å². The molecule has 2 atom stereocenters. The highest BCUT2D eigenvalue weighted by atomic mass is 19.4. The first-order chi connectivity index (χ1) is 9.98. The minimum absolute atomic E-state index is 0.0374. The number of alkyl halides is 3. The lowest BCUT2D eigenvalue weighted by Gasteiger charge is -2.19. The second kappa shape index (κ2) is 6.83. The first-order valence-electron chi connectivity index (χ1n) is 6.64. The van der Waals surface area contributed by atoms with Gasteiger partial charge in [-0.15, -0.1) is 19.6 Å². The average molecular weight is 299 g/mol. The fourth-order valence-electron chi connectivity index (χ4n) is 2.24. The van der Waals surface area contributed by atoms with Crippen molar-refractivity contribution in [2.45, 2.75) is 37.9 Å². The van der Waals surface area contributed by atoms with Gasteiger partial charge in [0.15, 0.2) is 0 Å². The van der Waals surface area contributed by atoms with Crippen LogP contribution in [0.5, 0.6) is 5.75 Å². The van der Waals surface area contributed by atoms with Crippen LogP contribution in [0.15, 0.2) is 24.3 Å². The lowest BCUT2D eigenvalue weighted by Crippen LogP contribution is -2.37. The normalized spacial score (nSPS) is 20.0. The van der Waals surface area contributed by atoms with E-state index in [0.717, 1.165) is 12.8 Å². The Hall–Kier alpha value is -1.71. The molecule has 114 valence electrons. The van der Waals surface area contributed by atoms with Crippen LogP contribution in [-0.4, -0.2) is 25.1 Å². The second-order valence-electron chi connectivity index (χ2n) is 4.77. The van der Waals surface area contributed by atoms with Crippen LogP contribution in [0.1, 0.15) is 18.4 Å². The van der Waals surface area contributed by atoms with Crippen LogP contribution in [0.25, 0.3) is 0 Å². The number of hydrogen-bond acceptors (Lipinski definition) is 3. The van der Waals surface area contributed by atoms with Crippen molar-refractivity contribution in [2.24, 2.45) is 0 Å². The zero-order valence-electron chi connectivity index (χ0n) is 11.3. The van der Waals surface area contributed by atoms with Gasteiger partial charge in [0.1, 0.15) is 5.75 Å². The highest BCUT2D eigenvalue weighted by Gasteiger charge is 2.31. The number of hydrogen-bond donors (Lipinski definition) is 1. The van der Waals surface area contributed by atoms with Crippen molar-refractivity contribution in [3.8, 4) is 18.1 Å². The van der Waals surface area contributed by atoms with Gasteiger partial charge in [-0.1, -0.05) is 18.1 Å². The molecule has 0 aromatic heterocycles. The number of halogens is 3. The maximum atomic E-state index is 12.2. The molecule has 1 N–H and O–H groups in total. The molecular weight excluding hydrogens is 283 g/mol. The van der Waals surface area contributed by atoms with E-state index in [1.807, 2.05) is 0 Å². The molecule has 1 aliphatic rings. The van der Waals surface area contributed by atoms with Crippen molar-refractivity contribution >= 4 is 0 Å². The molecule has 0 unspecified atom stereocenters. The van der Waals surface area contributed by atoms with Crippen molar-refractivity contribution in [1.82, 2.24) is 5.32 Å². The van der Waals surface area contributed by atoms with Crippen molar-refractivity contribution in [2.75, 3.05) is 6.61 Å². The van der Waals surface area contributed by atoms with Crippen LogP contribution < -0.4 is 10.1 Å². The fraction of sp³-hybridized carbons (Fsp3) is 0.467. The lowest BCUT2D eigenvalue weighted by atomic mass is 10.1. The first kappa shape index (κ1) is 15.7. The van der Waals surface area contributed by atoms with Crippen LogP contribution >= 0.6 is 0 Å². The van der Waals surface area contributed by atoms with Crippen LogP contribution in [0.2, 0.25) is 0 Å². The highest BCUT2D eigenvalue weighted by molar-refractivity contribution is 5.28. The molecule has 0 bridgehead atoms. The van der Waals surface area contributed by atoms with E-state index in [1.165, 1.54) is 18.2 Å². The molecule has 0 saturated carbocycles. The van der Waals surface area contributed by atoms with E-state index >= 15 is 0 Å². The van der Waals surface area contributed by atoms with Gasteiger partial charge in [-0.2, -0.15) is 0 Å². The highest BCUT2D eigenvalue weighted by Crippen LogP contribution is 2.23. The maximum absolute atomic E-state index is 12.2. The molecule has 6 heteroatoms. The van der Waals surface area contributed by atoms with E-state index in [1.54, 1.807) is 6.07 Å². The van der Waals surface area contributed by atoms with Crippen LogP contribution in [0.3, 0.4) is 0 Å². The van der Waals surface area contributed by atoms with Gasteiger partial charge in [-0.05, 0) is 30.5 Å². The van der Waals surface area contributed by atoms with Gasteiger partial charge in [-0.3, -0.25) is 5.32 Å². The number of ether oxygens (including phenoxy) is 2. The van der Waals surface area contributed by atoms with Crippen molar-refractivity contribution in [1.29, 1.82) is 0 Å². The van der Waals surface area contributed by atoms with Gasteiger partial charge >= 0.3 is 6.36 Å². The minimum Gasteiger partial charge on any atom is -0.406 e. The summed E-state index contributed by atoms with van der Waals surface area (Å²) in [5.74, 6) is 2.38. The number of benzene rings is 1. The van der Waals surface area contributed by atoms with E-state index in [2.05, 4.69) is 16.0 Å². The molecule has 2 rings (SSSR count). The lowest BCUT2D eigenvalue weighted by molar-refractivity contribution is -0.274. The fourth-order valence-corrected chi connectivity index (χ4v) is 2.24. The Morgan fingerprint density at radius 1 is 1.48 bits per heavy atom. The minimum atomic E-state index is -4.69. The third-order valence-corrected chi connectivity index (χ3v) is 3.17. The van der Waals surface area contributed by atoms with Crippen molar-refractivity contribution < 1.29 is 22.6 Å². The number of nitrogens with one attached hydrogen (secondary N) is 1.